The van der Waals surface area contributed by atoms with Crippen LogP contribution >= 0.6 is 7.60 Å². The van der Waals surface area contributed by atoms with Gasteiger partial charge in [0.05, 0.1) is 19.3 Å². The maximum absolute atomic E-state index is 13.0. The Bertz CT molecular complexity index is 1280. The predicted octanol–water partition coefficient (Wildman–Crippen LogP) is -5.33. The van der Waals surface area contributed by atoms with E-state index in [4.69, 9.17) is 14.0 Å². The summed E-state index contributed by atoms with van der Waals surface area (Å²) in [6, 6.07) is -0.832. The van der Waals surface area contributed by atoms with Crippen molar-refractivity contribution in [2.45, 2.75) is 61.3 Å². The molecule has 0 aliphatic carbocycles. The lowest BCUT2D eigenvalue weighted by molar-refractivity contribution is -0.175. The van der Waals surface area contributed by atoms with Crippen molar-refractivity contribution in [2.24, 2.45) is 0 Å². The highest BCUT2D eigenvalue weighted by atomic mass is 32.2. The van der Waals surface area contributed by atoms with Gasteiger partial charge >= 0.3 is 13.3 Å². The summed E-state index contributed by atoms with van der Waals surface area (Å²) in [5.74, 6) is -0.821. The molecule has 1 unspecified atom stereocenters. The minimum absolute atomic E-state index is 0.739. The van der Waals surface area contributed by atoms with Crippen molar-refractivity contribution >= 4 is 23.3 Å². The lowest BCUT2D eigenvalue weighted by Gasteiger charge is -2.42. The lowest BCUT2D eigenvalue weighted by atomic mass is 9.98. The van der Waals surface area contributed by atoms with Gasteiger partial charge in [0.1, 0.15) is 36.6 Å². The van der Waals surface area contributed by atoms with Crippen LogP contribution in [0.15, 0.2) is 21.9 Å². The molecule has 10 atom stereocenters. The van der Waals surface area contributed by atoms with Crippen LogP contribution in [0.5, 0.6) is 0 Å². The van der Waals surface area contributed by atoms with Gasteiger partial charge in [0, 0.05) is 19.2 Å². The van der Waals surface area contributed by atoms with Crippen molar-refractivity contribution in [3.63, 3.8) is 0 Å². The number of amides is 1. The van der Waals surface area contributed by atoms with Crippen LogP contribution in [-0.2, 0) is 33.2 Å². The number of H-pyrrole nitrogens is 1. The highest BCUT2D eigenvalue weighted by Gasteiger charge is 2.52. The Labute approximate surface area is 213 Å². The fraction of sp³-hybridized carbons (Fsp3) is 0.722. The molecule has 20 heteroatoms. The van der Waals surface area contributed by atoms with Gasteiger partial charge in [-0.05, 0) is 0 Å². The van der Waals surface area contributed by atoms with E-state index in [9.17, 15) is 57.8 Å². The van der Waals surface area contributed by atoms with Crippen LogP contribution < -0.4 is 16.6 Å². The molecular formula is C18H28N3O15PS. The Kier molecular flexibility index (Phi) is 9.32. The summed E-state index contributed by atoms with van der Waals surface area (Å²) in [6.45, 7) is -0.878. The van der Waals surface area contributed by atoms with Gasteiger partial charge in [-0.3, -0.25) is 23.7 Å². The Balaban J connectivity index is 1.73. The zero-order chi connectivity index (χ0) is 28.6. The van der Waals surface area contributed by atoms with Gasteiger partial charge < -0.3 is 49.7 Å². The first-order valence-corrected chi connectivity index (χ1v) is 14.5. The van der Waals surface area contributed by atoms with Crippen LogP contribution in [0.3, 0.4) is 0 Å². The highest BCUT2D eigenvalue weighted by Crippen LogP contribution is 2.46. The van der Waals surface area contributed by atoms with Crippen LogP contribution in [0.25, 0.3) is 0 Å². The molecule has 0 bridgehead atoms. The third-order valence-corrected chi connectivity index (χ3v) is 10.3. The van der Waals surface area contributed by atoms with E-state index in [0.717, 1.165) is 23.8 Å². The number of carbonyl (C=O) groups is 1. The molecule has 1 aromatic rings. The van der Waals surface area contributed by atoms with E-state index in [1.54, 1.807) is 0 Å². The van der Waals surface area contributed by atoms with Crippen molar-refractivity contribution < 1.29 is 62.2 Å². The first-order chi connectivity index (χ1) is 17.6. The van der Waals surface area contributed by atoms with Crippen molar-refractivity contribution in [1.82, 2.24) is 14.9 Å². The Morgan fingerprint density at radius 3 is 2.34 bits per heavy atom. The molecule has 2 fully saturated rings. The summed E-state index contributed by atoms with van der Waals surface area (Å²) in [4.78, 5) is 46.8. The van der Waals surface area contributed by atoms with E-state index in [2.05, 4.69) is 5.32 Å². The topological polar surface area (TPSA) is 284 Å². The SMILES string of the molecule is CC(=O)N[C@@H]1[C@@H](O)[C@H](O)[C@@H](CO)O[C@H]1S(=O)(=O)CP(=O)(O)OC[C@H]1O[C@@H](n2ccc(=O)[nH]c2=O)[C@H](O)[C@@H]1O. The van der Waals surface area contributed by atoms with Crippen LogP contribution in [0.1, 0.15) is 13.2 Å². The number of nitrogens with one attached hydrogen (secondary N) is 2. The number of nitrogens with zero attached hydrogens (tertiary/aromatic N) is 1. The molecule has 38 heavy (non-hydrogen) atoms. The van der Waals surface area contributed by atoms with Crippen LogP contribution in [0.4, 0.5) is 0 Å². The number of aromatic amines is 1. The van der Waals surface area contributed by atoms with E-state index in [1.807, 2.05) is 4.98 Å². The molecule has 2 aliphatic rings. The first-order valence-electron chi connectivity index (χ1n) is 11.0. The quantitative estimate of drug-likeness (QED) is 0.125. The number of rotatable bonds is 9. The molecule has 0 aromatic carbocycles. The average Bonchev–Trinajstić information content (AvgIpc) is 3.08. The molecule has 0 radical (unpaired) electrons. The maximum atomic E-state index is 13.0. The standard InChI is InChI=1S/C18H28N3O15PS/c1-7(23)19-11-14(27)12(25)8(4-22)36-17(11)38(32,33)6-37(30,31)34-5-9-13(26)15(28)16(35-9)21-3-2-10(24)20-18(21)29/h2-3,8-9,11-17,22,25-28H,4-6H2,1H3,(H,19,23)(H,30,31)(H,20,24,29)/t8-,9-,11-,12-,13-,14-,15-,16-,17+/m1/s1. The molecule has 3 heterocycles. The first kappa shape index (κ1) is 30.5. The van der Waals surface area contributed by atoms with Crippen LogP contribution in [-0.4, -0.2) is 121 Å². The van der Waals surface area contributed by atoms with Crippen molar-refractivity contribution in [3.8, 4) is 0 Å². The molecule has 0 spiro atoms. The fourth-order valence-electron chi connectivity index (χ4n) is 4.03. The van der Waals surface area contributed by atoms with Crippen molar-refractivity contribution in [2.75, 3.05) is 18.7 Å². The van der Waals surface area contributed by atoms with Crippen LogP contribution in [0, 0.1) is 0 Å². The number of aliphatic hydroxyl groups excluding tert-OH is 5. The van der Waals surface area contributed by atoms with Crippen LogP contribution in [0.2, 0.25) is 0 Å². The number of sulfone groups is 1. The van der Waals surface area contributed by atoms with E-state index in [1.165, 1.54) is 0 Å². The number of hydrogen-bond donors (Lipinski definition) is 8. The van der Waals surface area contributed by atoms with Gasteiger partial charge in [0.15, 0.2) is 27.0 Å². The second-order valence-corrected chi connectivity index (χ2v) is 13.1. The van der Waals surface area contributed by atoms with Gasteiger partial charge in [-0.25, -0.2) is 13.2 Å². The summed E-state index contributed by atoms with van der Waals surface area (Å²) >= 11 is 0. The highest BCUT2D eigenvalue weighted by molar-refractivity contribution is 7.97. The number of carbonyl (C=O) groups excluding carboxylic acids is 1. The Hall–Kier alpha value is -2.03. The van der Waals surface area contributed by atoms with Gasteiger partial charge in [0.25, 0.3) is 5.56 Å². The number of aliphatic hydroxyl groups is 5. The normalized spacial score (nSPS) is 35.5. The summed E-state index contributed by atoms with van der Waals surface area (Å²) in [6.07, 6.45) is -10.9. The maximum Gasteiger partial charge on any atom is 0.343 e. The van der Waals surface area contributed by atoms with E-state index in [-0.39, 0.29) is 0 Å². The molecule has 2 saturated heterocycles. The Morgan fingerprint density at radius 1 is 1.13 bits per heavy atom. The molecular weight excluding hydrogens is 561 g/mol. The van der Waals surface area contributed by atoms with Crippen molar-refractivity contribution in [1.29, 1.82) is 0 Å². The minimum Gasteiger partial charge on any atom is -0.394 e. The lowest BCUT2D eigenvalue weighted by Crippen LogP contribution is -2.65. The fourth-order valence-corrected chi connectivity index (χ4v) is 8.10. The summed E-state index contributed by atoms with van der Waals surface area (Å²) in [5.41, 5.74) is -5.51. The number of ether oxygens (including phenoxy) is 2. The number of hydrogen-bond acceptors (Lipinski definition) is 14. The molecule has 1 aromatic heterocycles. The zero-order valence-corrected chi connectivity index (χ0v) is 21.3. The molecule has 18 nitrogen and oxygen atoms in total. The summed E-state index contributed by atoms with van der Waals surface area (Å²) in [7, 11) is -9.94. The largest absolute Gasteiger partial charge is 0.394 e. The summed E-state index contributed by atoms with van der Waals surface area (Å²) in [5, 5.41) is 52.2. The van der Waals surface area contributed by atoms with Gasteiger partial charge in [-0.1, -0.05) is 0 Å². The van der Waals surface area contributed by atoms with E-state index < -0.39 is 108 Å². The molecule has 0 saturated carbocycles. The molecule has 2 aliphatic heterocycles. The predicted molar refractivity (Wildman–Crippen MR) is 122 cm³/mol. The molecule has 8 N–H and O–H groups in total. The van der Waals surface area contributed by atoms with Crippen molar-refractivity contribution in [3.05, 3.63) is 33.1 Å². The monoisotopic (exact) mass is 589 g/mol. The second kappa shape index (κ2) is 11.6. The number of aromatic nitrogens is 2. The van der Waals surface area contributed by atoms with E-state index >= 15 is 0 Å². The second-order valence-electron chi connectivity index (χ2n) is 8.72. The zero-order valence-electron chi connectivity index (χ0n) is 19.6. The van der Waals surface area contributed by atoms with Gasteiger partial charge in [0.2, 0.25) is 5.91 Å². The molecule has 1 amide bonds. The average molecular weight is 589 g/mol. The smallest absolute Gasteiger partial charge is 0.343 e. The summed E-state index contributed by atoms with van der Waals surface area (Å²) < 4.78 is 54.6. The van der Waals surface area contributed by atoms with E-state index in [0.29, 0.717) is 0 Å². The van der Waals surface area contributed by atoms with Gasteiger partial charge in [-0.2, -0.15) is 0 Å². The third-order valence-electron chi connectivity index (χ3n) is 5.85. The van der Waals surface area contributed by atoms with Gasteiger partial charge in [-0.15, -0.1) is 0 Å². The molecule has 3 rings (SSSR count). The third kappa shape index (κ3) is 6.57. The Morgan fingerprint density at radius 2 is 1.76 bits per heavy atom. The minimum atomic E-state index is -5.09. The molecule has 216 valence electrons.